The molecule has 1 saturated carbocycles. The van der Waals surface area contributed by atoms with Crippen LogP contribution in [0.15, 0.2) is 23.1 Å². The minimum absolute atomic E-state index is 0.0648. The van der Waals surface area contributed by atoms with Gasteiger partial charge in [0.15, 0.2) is 5.65 Å². The van der Waals surface area contributed by atoms with Gasteiger partial charge in [0.2, 0.25) is 5.95 Å². The third-order valence-electron chi connectivity index (χ3n) is 6.20. The SMILES string of the molecule is CO[C@H]1CC[C@H](n2c(=O)n(C)c3cnc(Nc4cc5c(cc4Cl)OCC5)nc32)CC1. The lowest BCUT2D eigenvalue weighted by atomic mass is 9.93. The first-order chi connectivity index (χ1) is 14.5. The Morgan fingerprint density at radius 2 is 2.07 bits per heavy atom. The molecule has 2 aliphatic rings. The summed E-state index contributed by atoms with van der Waals surface area (Å²) in [4.78, 5) is 22.1. The average molecular weight is 430 g/mol. The van der Waals surface area contributed by atoms with Crippen LogP contribution < -0.4 is 15.7 Å². The number of halogens is 1. The second-order valence-corrected chi connectivity index (χ2v) is 8.35. The standard InChI is InChI=1S/C21H24ClN5O3/c1-26-17-11-23-20(24-16-9-12-7-8-30-18(12)10-15(16)22)25-19(17)27(21(26)28)13-3-5-14(29-2)6-4-13/h9-11,13-14H,3-8H2,1-2H3,(H,23,24,25)/t13-,14-. The maximum Gasteiger partial charge on any atom is 0.330 e. The summed E-state index contributed by atoms with van der Waals surface area (Å²) in [6.07, 6.45) is 6.46. The molecule has 3 aromatic rings. The number of imidazole rings is 1. The summed E-state index contributed by atoms with van der Waals surface area (Å²) in [5.41, 5.74) is 3.12. The molecule has 1 aliphatic carbocycles. The molecule has 1 aliphatic heterocycles. The van der Waals surface area contributed by atoms with Crippen molar-refractivity contribution in [2.24, 2.45) is 7.05 Å². The van der Waals surface area contributed by atoms with Crippen molar-refractivity contribution in [1.29, 1.82) is 0 Å². The molecule has 0 atom stereocenters. The number of nitrogens with zero attached hydrogens (tertiary/aromatic N) is 4. The van der Waals surface area contributed by atoms with E-state index in [1.54, 1.807) is 24.9 Å². The van der Waals surface area contributed by atoms with E-state index >= 15 is 0 Å². The fourth-order valence-electron chi connectivity index (χ4n) is 4.48. The molecule has 0 unspecified atom stereocenters. The van der Waals surface area contributed by atoms with Gasteiger partial charge in [-0.15, -0.1) is 0 Å². The zero-order valence-corrected chi connectivity index (χ0v) is 17.8. The van der Waals surface area contributed by atoms with E-state index in [-0.39, 0.29) is 17.8 Å². The second-order valence-electron chi connectivity index (χ2n) is 7.94. The van der Waals surface area contributed by atoms with Gasteiger partial charge < -0.3 is 14.8 Å². The van der Waals surface area contributed by atoms with Gasteiger partial charge in [0.1, 0.15) is 11.3 Å². The van der Waals surface area contributed by atoms with Crippen LogP contribution in [0.5, 0.6) is 5.75 Å². The number of benzene rings is 1. The van der Waals surface area contributed by atoms with Gasteiger partial charge in [-0.2, -0.15) is 4.98 Å². The highest BCUT2D eigenvalue weighted by Gasteiger charge is 2.27. The van der Waals surface area contributed by atoms with Gasteiger partial charge in [0.05, 0.1) is 29.6 Å². The van der Waals surface area contributed by atoms with E-state index in [9.17, 15) is 4.79 Å². The minimum Gasteiger partial charge on any atom is -0.493 e. The van der Waals surface area contributed by atoms with E-state index < -0.39 is 0 Å². The van der Waals surface area contributed by atoms with E-state index in [0.717, 1.165) is 49.1 Å². The highest BCUT2D eigenvalue weighted by Crippen LogP contribution is 2.35. The molecular weight excluding hydrogens is 406 g/mol. The molecule has 3 heterocycles. The maximum absolute atomic E-state index is 13.0. The minimum atomic E-state index is -0.0648. The molecule has 0 radical (unpaired) electrons. The van der Waals surface area contributed by atoms with Crippen molar-refractivity contribution >= 4 is 34.4 Å². The van der Waals surface area contributed by atoms with Crippen molar-refractivity contribution in [3.05, 3.63) is 39.4 Å². The number of hydrogen-bond acceptors (Lipinski definition) is 6. The Labute approximate surface area is 178 Å². The molecule has 1 aromatic carbocycles. The zero-order chi connectivity index (χ0) is 20.8. The normalized spacial score (nSPS) is 20.9. The predicted molar refractivity (Wildman–Crippen MR) is 115 cm³/mol. The van der Waals surface area contributed by atoms with Crippen LogP contribution >= 0.6 is 11.6 Å². The van der Waals surface area contributed by atoms with Gasteiger partial charge in [-0.3, -0.25) is 9.13 Å². The van der Waals surface area contributed by atoms with Gasteiger partial charge in [-0.05, 0) is 37.3 Å². The molecule has 0 spiro atoms. The smallest absolute Gasteiger partial charge is 0.330 e. The Balaban J connectivity index is 1.51. The third-order valence-corrected chi connectivity index (χ3v) is 6.51. The van der Waals surface area contributed by atoms with Crippen LogP contribution in [-0.4, -0.2) is 38.9 Å². The average Bonchev–Trinajstić information content (AvgIpc) is 3.30. The molecule has 1 N–H and O–H groups in total. The van der Waals surface area contributed by atoms with Crippen molar-refractivity contribution in [1.82, 2.24) is 19.1 Å². The summed E-state index contributed by atoms with van der Waals surface area (Å²) in [7, 11) is 3.51. The highest BCUT2D eigenvalue weighted by molar-refractivity contribution is 6.33. The molecule has 0 bridgehead atoms. The van der Waals surface area contributed by atoms with Crippen LogP contribution in [-0.2, 0) is 18.2 Å². The van der Waals surface area contributed by atoms with Crippen molar-refractivity contribution in [3.63, 3.8) is 0 Å². The topological polar surface area (TPSA) is 83.2 Å². The van der Waals surface area contributed by atoms with Crippen molar-refractivity contribution in [2.45, 2.75) is 44.2 Å². The molecule has 8 nitrogen and oxygen atoms in total. The van der Waals surface area contributed by atoms with Crippen molar-refractivity contribution in [3.8, 4) is 5.75 Å². The lowest BCUT2D eigenvalue weighted by Gasteiger charge is -2.28. The Morgan fingerprint density at radius 1 is 1.27 bits per heavy atom. The quantitative estimate of drug-likeness (QED) is 0.682. The van der Waals surface area contributed by atoms with E-state index in [1.165, 1.54) is 0 Å². The predicted octanol–water partition coefficient (Wildman–Crippen LogP) is 3.59. The Kier molecular flexibility index (Phi) is 4.91. The Bertz CT molecular complexity index is 1160. The molecule has 0 amide bonds. The summed E-state index contributed by atoms with van der Waals surface area (Å²) >= 11 is 6.42. The number of anilines is 2. The lowest BCUT2D eigenvalue weighted by Crippen LogP contribution is -2.30. The van der Waals surface area contributed by atoms with Gasteiger partial charge in [-0.25, -0.2) is 9.78 Å². The van der Waals surface area contributed by atoms with Crippen molar-refractivity contribution in [2.75, 3.05) is 19.0 Å². The molecule has 1 fully saturated rings. The number of nitrogens with one attached hydrogen (secondary N) is 1. The summed E-state index contributed by atoms with van der Waals surface area (Å²) in [6, 6.07) is 3.90. The molecular formula is C21H24ClN5O3. The fourth-order valence-corrected chi connectivity index (χ4v) is 4.68. The number of aryl methyl sites for hydroxylation is 1. The third kappa shape index (κ3) is 3.24. The van der Waals surface area contributed by atoms with Crippen LogP contribution in [0.4, 0.5) is 11.6 Å². The summed E-state index contributed by atoms with van der Waals surface area (Å²) < 4.78 is 14.5. The zero-order valence-electron chi connectivity index (χ0n) is 17.0. The molecule has 158 valence electrons. The number of rotatable bonds is 4. The molecule has 2 aromatic heterocycles. The van der Waals surface area contributed by atoms with Crippen LogP contribution in [0.1, 0.15) is 37.3 Å². The number of ether oxygens (including phenoxy) is 2. The highest BCUT2D eigenvalue weighted by atomic mass is 35.5. The van der Waals surface area contributed by atoms with Crippen LogP contribution in [0, 0.1) is 0 Å². The first-order valence-corrected chi connectivity index (χ1v) is 10.6. The fraction of sp³-hybridized carbons (Fsp3) is 0.476. The lowest BCUT2D eigenvalue weighted by molar-refractivity contribution is 0.0584. The van der Waals surface area contributed by atoms with E-state index in [2.05, 4.69) is 10.3 Å². The maximum atomic E-state index is 13.0. The number of methoxy groups -OCH3 is 1. The monoisotopic (exact) mass is 429 g/mol. The molecule has 9 heteroatoms. The van der Waals surface area contributed by atoms with E-state index in [0.29, 0.717) is 28.7 Å². The number of hydrogen-bond donors (Lipinski definition) is 1. The Morgan fingerprint density at radius 3 is 2.83 bits per heavy atom. The molecule has 30 heavy (non-hydrogen) atoms. The molecule has 0 saturated heterocycles. The van der Waals surface area contributed by atoms with E-state index in [4.69, 9.17) is 26.1 Å². The number of fused-ring (bicyclic) bond motifs is 2. The van der Waals surface area contributed by atoms with Crippen LogP contribution in [0.25, 0.3) is 11.2 Å². The van der Waals surface area contributed by atoms with Crippen LogP contribution in [0.2, 0.25) is 5.02 Å². The molecule has 5 rings (SSSR count). The van der Waals surface area contributed by atoms with E-state index in [1.807, 2.05) is 16.7 Å². The van der Waals surface area contributed by atoms with Crippen molar-refractivity contribution < 1.29 is 9.47 Å². The first kappa shape index (κ1) is 19.4. The van der Waals surface area contributed by atoms with Gasteiger partial charge >= 0.3 is 5.69 Å². The summed E-state index contributed by atoms with van der Waals surface area (Å²) in [5.74, 6) is 1.23. The van der Waals surface area contributed by atoms with Gasteiger partial charge in [-0.1, -0.05) is 11.6 Å². The Hall–Kier alpha value is -2.58. The summed E-state index contributed by atoms with van der Waals surface area (Å²) in [5, 5.41) is 3.76. The second kappa shape index (κ2) is 7.59. The number of aromatic nitrogens is 4. The summed E-state index contributed by atoms with van der Waals surface area (Å²) in [6.45, 7) is 0.666. The first-order valence-electron chi connectivity index (χ1n) is 10.2. The largest absolute Gasteiger partial charge is 0.493 e. The van der Waals surface area contributed by atoms with Gasteiger partial charge in [0, 0.05) is 32.7 Å². The van der Waals surface area contributed by atoms with Gasteiger partial charge in [0.25, 0.3) is 0 Å². The van der Waals surface area contributed by atoms with Crippen LogP contribution in [0.3, 0.4) is 0 Å².